The minimum atomic E-state index is -0.423. The fraction of sp³-hybridized carbons (Fsp3) is 0.579. The second-order valence-corrected chi connectivity index (χ2v) is 8.67. The number of hydrogen-bond acceptors (Lipinski definition) is 6. The van der Waals surface area contributed by atoms with Crippen molar-refractivity contribution in [3.8, 4) is 0 Å². The molecule has 4 heterocycles. The quantitative estimate of drug-likeness (QED) is 0.807. The van der Waals surface area contributed by atoms with Crippen molar-refractivity contribution in [3.63, 3.8) is 0 Å². The summed E-state index contributed by atoms with van der Waals surface area (Å²) in [7, 11) is 3.38. The van der Waals surface area contributed by atoms with Crippen LogP contribution in [0.3, 0.4) is 0 Å². The van der Waals surface area contributed by atoms with Gasteiger partial charge in [-0.2, -0.15) is 11.3 Å². The predicted molar refractivity (Wildman–Crippen MR) is 107 cm³/mol. The fourth-order valence-corrected chi connectivity index (χ4v) is 4.55. The van der Waals surface area contributed by atoms with Crippen LogP contribution in [0, 0.1) is 0 Å². The number of thiophene rings is 1. The SMILES string of the molecule is CN(C)C(=O)NCc1nnn2c1COC1(CCCN(C(=O)Cc3ccsc3)C1)C2. The Bertz CT molecular complexity index is 881. The highest BCUT2D eigenvalue weighted by atomic mass is 32.1. The molecule has 10 heteroatoms. The van der Waals surface area contributed by atoms with Crippen molar-refractivity contribution in [2.24, 2.45) is 0 Å². The van der Waals surface area contributed by atoms with E-state index in [2.05, 4.69) is 15.6 Å². The molecule has 4 rings (SSSR count). The smallest absolute Gasteiger partial charge is 0.317 e. The molecule has 0 bridgehead atoms. The van der Waals surface area contributed by atoms with Gasteiger partial charge in [0, 0.05) is 20.6 Å². The third-order valence-corrected chi connectivity index (χ3v) is 6.24. The van der Waals surface area contributed by atoms with Gasteiger partial charge in [-0.1, -0.05) is 5.21 Å². The maximum absolute atomic E-state index is 12.7. The van der Waals surface area contributed by atoms with Crippen LogP contribution in [0.5, 0.6) is 0 Å². The number of amides is 3. The van der Waals surface area contributed by atoms with Crippen LogP contribution in [-0.2, 0) is 35.6 Å². The average molecular weight is 419 g/mol. The summed E-state index contributed by atoms with van der Waals surface area (Å²) < 4.78 is 8.15. The molecule has 1 unspecified atom stereocenters. The van der Waals surface area contributed by atoms with Gasteiger partial charge in [-0.05, 0) is 35.2 Å². The minimum Gasteiger partial charge on any atom is -0.365 e. The minimum absolute atomic E-state index is 0.141. The van der Waals surface area contributed by atoms with Gasteiger partial charge < -0.3 is 19.9 Å². The summed E-state index contributed by atoms with van der Waals surface area (Å²) in [5, 5.41) is 15.3. The number of ether oxygens (including phenoxy) is 1. The monoisotopic (exact) mass is 418 g/mol. The van der Waals surface area contributed by atoms with E-state index in [-0.39, 0.29) is 11.9 Å². The van der Waals surface area contributed by atoms with Crippen molar-refractivity contribution in [2.45, 2.75) is 44.6 Å². The van der Waals surface area contributed by atoms with Crippen molar-refractivity contribution in [2.75, 3.05) is 27.2 Å². The lowest BCUT2D eigenvalue weighted by Gasteiger charge is -2.44. The largest absolute Gasteiger partial charge is 0.365 e. The number of piperidine rings is 1. The molecule has 0 saturated carbocycles. The Balaban J connectivity index is 1.40. The molecular formula is C19H26N6O3S. The highest BCUT2D eigenvalue weighted by Crippen LogP contribution is 2.32. The molecule has 0 aliphatic carbocycles. The average Bonchev–Trinajstić information content (AvgIpc) is 3.35. The van der Waals surface area contributed by atoms with Crippen molar-refractivity contribution in [1.82, 2.24) is 30.1 Å². The Labute approximate surface area is 173 Å². The van der Waals surface area contributed by atoms with Crippen LogP contribution < -0.4 is 5.32 Å². The van der Waals surface area contributed by atoms with Gasteiger partial charge in [-0.25, -0.2) is 9.48 Å². The van der Waals surface area contributed by atoms with Gasteiger partial charge in [-0.3, -0.25) is 4.79 Å². The van der Waals surface area contributed by atoms with Crippen LogP contribution in [0.15, 0.2) is 16.8 Å². The molecular weight excluding hydrogens is 392 g/mol. The van der Waals surface area contributed by atoms with E-state index in [0.29, 0.717) is 32.7 Å². The third kappa shape index (κ3) is 4.27. The molecule has 2 aromatic heterocycles. The van der Waals surface area contributed by atoms with E-state index in [0.717, 1.165) is 36.3 Å². The number of hydrogen-bond donors (Lipinski definition) is 1. The molecule has 9 nitrogen and oxygen atoms in total. The van der Waals surface area contributed by atoms with Gasteiger partial charge in [-0.15, -0.1) is 5.10 Å². The number of carbonyl (C=O) groups excluding carboxylic acids is 2. The third-order valence-electron chi connectivity index (χ3n) is 5.51. The first-order valence-corrected chi connectivity index (χ1v) is 10.7. The predicted octanol–water partition coefficient (Wildman–Crippen LogP) is 1.24. The molecule has 1 atom stereocenters. The van der Waals surface area contributed by atoms with E-state index in [1.165, 1.54) is 4.90 Å². The highest BCUT2D eigenvalue weighted by molar-refractivity contribution is 7.08. The molecule has 156 valence electrons. The molecule has 1 saturated heterocycles. The standard InChI is InChI=1S/C19H26N6O3S/c1-23(2)18(27)20-9-15-16-10-28-19(13-25(16)22-21-15)5-3-6-24(12-19)17(26)8-14-4-7-29-11-14/h4,7,11H,3,5-6,8-10,12-13H2,1-2H3,(H,20,27). The zero-order chi connectivity index (χ0) is 20.4. The van der Waals surface area contributed by atoms with Crippen LogP contribution in [-0.4, -0.2) is 69.5 Å². The van der Waals surface area contributed by atoms with Gasteiger partial charge in [0.1, 0.15) is 11.3 Å². The van der Waals surface area contributed by atoms with E-state index in [1.54, 1.807) is 25.4 Å². The van der Waals surface area contributed by atoms with E-state index in [4.69, 9.17) is 4.74 Å². The fourth-order valence-electron chi connectivity index (χ4n) is 3.89. The zero-order valence-electron chi connectivity index (χ0n) is 16.8. The maximum atomic E-state index is 12.7. The first-order valence-electron chi connectivity index (χ1n) is 9.75. The number of urea groups is 1. The van der Waals surface area contributed by atoms with Gasteiger partial charge in [0.2, 0.25) is 5.91 Å². The Morgan fingerprint density at radius 3 is 3.00 bits per heavy atom. The summed E-state index contributed by atoms with van der Waals surface area (Å²) in [5.41, 5.74) is 2.24. The number of nitrogens with zero attached hydrogens (tertiary/aromatic N) is 5. The summed E-state index contributed by atoms with van der Waals surface area (Å²) in [4.78, 5) is 27.9. The van der Waals surface area contributed by atoms with Crippen molar-refractivity contribution < 1.29 is 14.3 Å². The Kier molecular flexibility index (Phi) is 5.55. The number of aromatic nitrogens is 3. The molecule has 2 aliphatic rings. The van der Waals surface area contributed by atoms with Gasteiger partial charge >= 0.3 is 6.03 Å². The molecule has 1 fully saturated rings. The summed E-state index contributed by atoms with van der Waals surface area (Å²) in [6, 6.07) is 1.82. The van der Waals surface area contributed by atoms with E-state index < -0.39 is 5.60 Å². The van der Waals surface area contributed by atoms with Crippen LogP contribution >= 0.6 is 11.3 Å². The molecule has 1 N–H and O–H groups in total. The molecule has 3 amide bonds. The lowest BCUT2D eigenvalue weighted by atomic mass is 9.91. The van der Waals surface area contributed by atoms with Gasteiger partial charge in [0.05, 0.1) is 38.4 Å². The molecule has 2 aromatic rings. The van der Waals surface area contributed by atoms with Crippen molar-refractivity contribution in [3.05, 3.63) is 33.8 Å². The van der Waals surface area contributed by atoms with Gasteiger partial charge in [0.15, 0.2) is 0 Å². The first-order chi connectivity index (χ1) is 14.0. The summed E-state index contributed by atoms with van der Waals surface area (Å²) in [5.74, 6) is 0.141. The summed E-state index contributed by atoms with van der Waals surface area (Å²) in [6.07, 6.45) is 2.23. The first kappa shape index (κ1) is 19.8. The van der Waals surface area contributed by atoms with Crippen LogP contribution in [0.2, 0.25) is 0 Å². The normalized spacial score (nSPS) is 21.1. The Morgan fingerprint density at radius 1 is 1.38 bits per heavy atom. The topological polar surface area (TPSA) is 92.6 Å². The molecule has 0 aromatic carbocycles. The number of fused-ring (bicyclic) bond motifs is 1. The second-order valence-electron chi connectivity index (χ2n) is 7.89. The van der Waals surface area contributed by atoms with Crippen LogP contribution in [0.25, 0.3) is 0 Å². The number of nitrogens with one attached hydrogen (secondary N) is 1. The lowest BCUT2D eigenvalue weighted by molar-refractivity contribution is -0.152. The molecule has 2 aliphatic heterocycles. The Morgan fingerprint density at radius 2 is 2.24 bits per heavy atom. The number of carbonyl (C=O) groups is 2. The van der Waals surface area contributed by atoms with Crippen LogP contribution in [0.4, 0.5) is 4.79 Å². The number of likely N-dealkylation sites (tertiary alicyclic amines) is 1. The van der Waals surface area contributed by atoms with E-state index in [1.807, 2.05) is 26.4 Å². The van der Waals surface area contributed by atoms with Crippen molar-refractivity contribution in [1.29, 1.82) is 0 Å². The number of rotatable bonds is 4. The second kappa shape index (κ2) is 8.11. The maximum Gasteiger partial charge on any atom is 0.317 e. The summed E-state index contributed by atoms with van der Waals surface area (Å²) in [6.45, 7) is 2.60. The molecule has 1 spiro atoms. The Hall–Kier alpha value is -2.46. The lowest BCUT2D eigenvalue weighted by Crippen LogP contribution is -2.55. The van der Waals surface area contributed by atoms with E-state index >= 15 is 0 Å². The van der Waals surface area contributed by atoms with Gasteiger partial charge in [0.25, 0.3) is 0 Å². The molecule has 29 heavy (non-hydrogen) atoms. The zero-order valence-corrected chi connectivity index (χ0v) is 17.6. The van der Waals surface area contributed by atoms with E-state index in [9.17, 15) is 9.59 Å². The molecule has 0 radical (unpaired) electrons. The highest BCUT2D eigenvalue weighted by Gasteiger charge is 2.42. The summed E-state index contributed by atoms with van der Waals surface area (Å²) >= 11 is 1.61. The van der Waals surface area contributed by atoms with Crippen molar-refractivity contribution >= 4 is 23.3 Å². The van der Waals surface area contributed by atoms with Crippen LogP contribution in [0.1, 0.15) is 29.8 Å².